The van der Waals surface area contributed by atoms with Gasteiger partial charge in [0.2, 0.25) is 0 Å². The third-order valence-corrected chi connectivity index (χ3v) is 9.58. The van der Waals surface area contributed by atoms with Gasteiger partial charge < -0.3 is 34.5 Å². The van der Waals surface area contributed by atoms with Crippen LogP contribution in [0.15, 0.2) is 36.4 Å². The quantitative estimate of drug-likeness (QED) is 0.367. The van der Waals surface area contributed by atoms with E-state index in [1.807, 2.05) is 24.1 Å². The number of ether oxygens (including phenoxy) is 1. The number of carbonyl (C=O) groups is 1. The second-order valence-electron chi connectivity index (χ2n) is 11.7. The monoisotopic (exact) mass is 542 g/mol. The number of aromatic nitrogens is 3. The Bertz CT molecular complexity index is 1620. The molecule has 0 radical (unpaired) electrons. The van der Waals surface area contributed by atoms with Crippen molar-refractivity contribution in [1.29, 1.82) is 0 Å². The zero-order valence-corrected chi connectivity index (χ0v) is 23.5. The number of aliphatic hydroxyl groups excluding tert-OH is 1. The van der Waals surface area contributed by atoms with Crippen molar-refractivity contribution < 1.29 is 14.6 Å². The van der Waals surface area contributed by atoms with E-state index in [0.717, 1.165) is 67.9 Å². The molecule has 4 atom stereocenters. The number of fused-ring (bicyclic) bond motifs is 3. The average Bonchev–Trinajstić information content (AvgIpc) is 3.72. The molecule has 2 aromatic carbocycles. The molecule has 2 fully saturated rings. The van der Waals surface area contributed by atoms with E-state index in [-0.39, 0.29) is 30.6 Å². The van der Waals surface area contributed by atoms with Crippen LogP contribution in [-0.2, 0) is 7.05 Å². The lowest BCUT2D eigenvalue weighted by Crippen LogP contribution is -2.41. The van der Waals surface area contributed by atoms with Crippen molar-refractivity contribution in [2.45, 2.75) is 50.7 Å². The van der Waals surface area contributed by atoms with Gasteiger partial charge in [0, 0.05) is 56.3 Å². The molecule has 3 aliphatic rings. The summed E-state index contributed by atoms with van der Waals surface area (Å²) in [7, 11) is 3.68. The average molecular weight is 543 g/mol. The Balaban J connectivity index is 1.35. The lowest BCUT2D eigenvalue weighted by molar-refractivity contribution is 0.0700. The normalized spacial score (nSPS) is 23.6. The summed E-state index contributed by atoms with van der Waals surface area (Å²) in [5, 5.41) is 10.7. The van der Waals surface area contributed by atoms with Crippen LogP contribution in [0.25, 0.3) is 33.5 Å². The van der Waals surface area contributed by atoms with E-state index in [2.05, 4.69) is 45.2 Å². The van der Waals surface area contributed by atoms with Crippen molar-refractivity contribution in [1.82, 2.24) is 19.0 Å². The van der Waals surface area contributed by atoms with Gasteiger partial charge in [-0.3, -0.25) is 4.79 Å². The summed E-state index contributed by atoms with van der Waals surface area (Å²) < 4.78 is 10.4. The maximum atomic E-state index is 13.7. The number of aliphatic hydroxyl groups is 1. The third kappa shape index (κ3) is 3.60. The summed E-state index contributed by atoms with van der Waals surface area (Å²) in [5.41, 5.74) is 12.1. The van der Waals surface area contributed by atoms with E-state index < -0.39 is 0 Å². The largest absolute Gasteiger partial charge is 0.494 e. The molecule has 4 aromatic rings. The smallest absolute Gasteiger partial charge is 0.254 e. The SMILES string of the molecule is CC[C@H]1CN(CCCO)c2cccc3cc(-c4nc5cc(C(=O)N6C[C@H]7CC[C@@H]6[C@@H]7N)cc(OC)c5n4C)n1c23. The first-order chi connectivity index (χ1) is 19.4. The zero-order chi connectivity index (χ0) is 27.7. The zero-order valence-electron chi connectivity index (χ0n) is 23.5. The molecule has 9 nitrogen and oxygen atoms in total. The summed E-state index contributed by atoms with van der Waals surface area (Å²) in [6.45, 7) is 4.86. The predicted molar refractivity (Wildman–Crippen MR) is 157 cm³/mol. The minimum absolute atomic E-state index is 0.0113. The van der Waals surface area contributed by atoms with Crippen molar-refractivity contribution in [2.24, 2.45) is 18.7 Å². The topological polar surface area (TPSA) is 102 Å². The second-order valence-corrected chi connectivity index (χ2v) is 11.7. The minimum atomic E-state index is 0.0113. The highest BCUT2D eigenvalue weighted by Crippen LogP contribution is 2.43. The Labute approximate surface area is 234 Å². The van der Waals surface area contributed by atoms with Gasteiger partial charge in [0.25, 0.3) is 5.91 Å². The van der Waals surface area contributed by atoms with Crippen LogP contribution in [-0.4, -0.2) is 75.5 Å². The summed E-state index contributed by atoms with van der Waals surface area (Å²) in [4.78, 5) is 23.2. The standard InChI is InChI=1S/C31H38N6O3/c1-4-21-17-35(11-6-12-38)24-8-5-7-18-14-25(37(21)28(18)24)30-33-22-13-20(15-26(40-3)29(22)34(30)2)31(39)36-16-19-9-10-23(36)27(19)32/h5,7-8,13-15,19,21,23,27,38H,4,6,9-12,16-17,32H2,1-3H3/t19-,21+,23-,27-/m1/s1. The molecule has 9 heteroatoms. The molecule has 40 heavy (non-hydrogen) atoms. The van der Waals surface area contributed by atoms with E-state index in [9.17, 15) is 9.90 Å². The number of imidazole rings is 1. The van der Waals surface area contributed by atoms with Crippen LogP contribution in [0.3, 0.4) is 0 Å². The van der Waals surface area contributed by atoms with E-state index >= 15 is 0 Å². The highest BCUT2D eigenvalue weighted by atomic mass is 16.5. The number of methoxy groups -OCH3 is 1. The molecule has 1 saturated heterocycles. The number of aryl methyl sites for hydroxylation is 1. The van der Waals surface area contributed by atoms with Crippen LogP contribution in [0.4, 0.5) is 5.69 Å². The van der Waals surface area contributed by atoms with E-state index in [0.29, 0.717) is 17.2 Å². The summed E-state index contributed by atoms with van der Waals surface area (Å²) in [6.07, 6.45) is 3.81. The number of nitrogens with two attached hydrogens (primary N) is 1. The van der Waals surface area contributed by atoms with Crippen molar-refractivity contribution in [2.75, 3.05) is 38.3 Å². The predicted octanol–water partition coefficient (Wildman–Crippen LogP) is 3.92. The number of anilines is 1. The molecule has 1 amide bonds. The third-order valence-electron chi connectivity index (χ3n) is 9.58. The first-order valence-electron chi connectivity index (χ1n) is 14.6. The molecule has 1 aliphatic carbocycles. The molecule has 0 spiro atoms. The maximum Gasteiger partial charge on any atom is 0.254 e. The van der Waals surface area contributed by atoms with Crippen LogP contribution in [0, 0.1) is 5.92 Å². The molecular formula is C31H38N6O3. The van der Waals surface area contributed by atoms with Gasteiger partial charge in [0.15, 0.2) is 5.82 Å². The molecule has 3 N–H and O–H groups in total. The van der Waals surface area contributed by atoms with Gasteiger partial charge in [0.05, 0.1) is 35.6 Å². The van der Waals surface area contributed by atoms with Gasteiger partial charge in [-0.2, -0.15) is 0 Å². The molecule has 2 aliphatic heterocycles. The molecule has 0 unspecified atom stereocenters. The number of likely N-dealkylation sites (tertiary alicyclic amines) is 1. The van der Waals surface area contributed by atoms with Crippen molar-refractivity contribution in [3.8, 4) is 17.3 Å². The fourth-order valence-corrected chi connectivity index (χ4v) is 7.56. The molecule has 4 heterocycles. The lowest BCUT2D eigenvalue weighted by Gasteiger charge is -2.36. The molecule has 2 aromatic heterocycles. The van der Waals surface area contributed by atoms with Gasteiger partial charge in [-0.1, -0.05) is 19.1 Å². The maximum absolute atomic E-state index is 13.7. The molecular weight excluding hydrogens is 504 g/mol. The van der Waals surface area contributed by atoms with Crippen LogP contribution in [0.5, 0.6) is 5.75 Å². The number of rotatable bonds is 7. The minimum Gasteiger partial charge on any atom is -0.494 e. The summed E-state index contributed by atoms with van der Waals surface area (Å²) in [6, 6.07) is 12.9. The Kier molecular flexibility index (Phi) is 6.05. The first kappa shape index (κ1) is 25.4. The van der Waals surface area contributed by atoms with Crippen LogP contribution >= 0.6 is 0 Å². The number of nitrogens with zero attached hydrogens (tertiary/aromatic N) is 5. The Morgan fingerprint density at radius 1 is 1.18 bits per heavy atom. The van der Waals surface area contributed by atoms with E-state index in [1.165, 1.54) is 16.6 Å². The summed E-state index contributed by atoms with van der Waals surface area (Å²) in [5.74, 6) is 1.91. The molecule has 210 valence electrons. The van der Waals surface area contributed by atoms with Crippen LogP contribution in [0.1, 0.15) is 49.0 Å². The number of hydrogen-bond acceptors (Lipinski definition) is 6. The Morgan fingerprint density at radius 3 is 2.73 bits per heavy atom. The summed E-state index contributed by atoms with van der Waals surface area (Å²) >= 11 is 0. The number of hydrogen-bond donors (Lipinski definition) is 2. The Morgan fingerprint density at radius 2 is 2.02 bits per heavy atom. The molecule has 2 bridgehead atoms. The van der Waals surface area contributed by atoms with Crippen molar-refractivity contribution in [3.05, 3.63) is 42.0 Å². The van der Waals surface area contributed by atoms with Gasteiger partial charge >= 0.3 is 0 Å². The number of para-hydroxylation sites is 1. The van der Waals surface area contributed by atoms with Gasteiger partial charge in [-0.25, -0.2) is 4.98 Å². The molecule has 7 rings (SSSR count). The van der Waals surface area contributed by atoms with Crippen molar-refractivity contribution in [3.63, 3.8) is 0 Å². The van der Waals surface area contributed by atoms with Crippen LogP contribution in [0.2, 0.25) is 0 Å². The number of carbonyl (C=O) groups excluding carboxylic acids is 1. The fourth-order valence-electron chi connectivity index (χ4n) is 7.56. The number of benzene rings is 2. The van der Waals surface area contributed by atoms with E-state index in [1.54, 1.807) is 7.11 Å². The molecule has 1 saturated carbocycles. The number of piperidine rings is 1. The first-order valence-corrected chi connectivity index (χ1v) is 14.6. The number of amides is 1. The van der Waals surface area contributed by atoms with E-state index in [4.69, 9.17) is 15.5 Å². The van der Waals surface area contributed by atoms with Crippen molar-refractivity contribution >= 4 is 33.5 Å². The van der Waals surface area contributed by atoms with Crippen LogP contribution < -0.4 is 15.4 Å². The van der Waals surface area contributed by atoms with Gasteiger partial charge in [-0.15, -0.1) is 0 Å². The highest BCUT2D eigenvalue weighted by Gasteiger charge is 2.47. The van der Waals surface area contributed by atoms with Gasteiger partial charge in [-0.05, 0) is 55.9 Å². The fraction of sp³-hybridized carbons (Fsp3) is 0.484. The lowest BCUT2D eigenvalue weighted by atomic mass is 10.1. The Hall–Kier alpha value is -3.56. The van der Waals surface area contributed by atoms with Gasteiger partial charge in [0.1, 0.15) is 11.3 Å². The second kappa shape index (κ2) is 9.52. The highest BCUT2D eigenvalue weighted by molar-refractivity contribution is 6.01.